The molecule has 34 heavy (non-hydrogen) atoms. The molecule has 2 N–H and O–H groups in total. The van der Waals surface area contributed by atoms with E-state index in [1.165, 1.54) is 0 Å². The van der Waals surface area contributed by atoms with Gasteiger partial charge >= 0.3 is 18.3 Å². The number of thioether (sulfide) groups is 1. The Hall–Kier alpha value is -2.25. The maximum atomic E-state index is 13.4. The lowest BCUT2D eigenvalue weighted by Crippen LogP contribution is -2.33. The summed E-state index contributed by atoms with van der Waals surface area (Å²) < 4.78 is 78.6. The number of rotatable bonds is 5. The van der Waals surface area contributed by atoms with E-state index in [-0.39, 0.29) is 47.6 Å². The molecule has 1 aromatic rings. The van der Waals surface area contributed by atoms with Gasteiger partial charge in [-0.3, -0.25) is 19.5 Å². The molecule has 2 aliphatic heterocycles. The van der Waals surface area contributed by atoms with Crippen molar-refractivity contribution in [2.45, 2.75) is 31.7 Å². The van der Waals surface area contributed by atoms with Crippen LogP contribution in [0.15, 0.2) is 34.2 Å². The van der Waals surface area contributed by atoms with Crippen molar-refractivity contribution in [3.05, 3.63) is 45.9 Å². The van der Waals surface area contributed by atoms with Gasteiger partial charge in [-0.1, -0.05) is 12.1 Å². The van der Waals surface area contributed by atoms with Crippen LogP contribution in [-0.4, -0.2) is 46.7 Å². The molecule has 0 radical (unpaired) electrons. The van der Waals surface area contributed by atoms with Crippen LogP contribution in [0, 0.1) is 5.92 Å². The minimum Gasteiger partial charge on any atom is -0.480 e. The van der Waals surface area contributed by atoms with Crippen molar-refractivity contribution in [1.29, 1.82) is 0 Å². The third-order valence-electron chi connectivity index (χ3n) is 5.18. The zero-order valence-electron chi connectivity index (χ0n) is 17.4. The average Bonchev–Trinajstić information content (AvgIpc) is 3.05. The van der Waals surface area contributed by atoms with E-state index in [4.69, 9.17) is 5.11 Å². The molecule has 0 aliphatic carbocycles. The molecule has 2 saturated heterocycles. The second-order valence-corrected chi connectivity index (χ2v) is 8.60. The second-order valence-electron chi connectivity index (χ2n) is 7.59. The lowest BCUT2D eigenvalue weighted by Gasteiger charge is -2.31. The van der Waals surface area contributed by atoms with Gasteiger partial charge in [0, 0.05) is 6.54 Å². The minimum absolute atomic E-state index is 0. The van der Waals surface area contributed by atoms with Crippen molar-refractivity contribution in [3.63, 3.8) is 0 Å². The zero-order chi connectivity index (χ0) is 24.4. The first kappa shape index (κ1) is 28.0. The Labute approximate surface area is 200 Å². The number of aliphatic carboxylic acids is 1. The van der Waals surface area contributed by atoms with Crippen LogP contribution in [0.5, 0.6) is 0 Å². The van der Waals surface area contributed by atoms with Crippen LogP contribution < -0.4 is 5.32 Å². The summed E-state index contributed by atoms with van der Waals surface area (Å²) in [5.74, 6) is -0.988. The Morgan fingerprint density at radius 2 is 1.82 bits per heavy atom. The fourth-order valence-electron chi connectivity index (χ4n) is 3.60. The summed E-state index contributed by atoms with van der Waals surface area (Å²) in [7, 11) is 0. The van der Waals surface area contributed by atoms with Crippen molar-refractivity contribution in [1.82, 2.24) is 10.2 Å². The number of nitrogens with one attached hydrogen (secondary N) is 1. The minimum atomic E-state index is -4.91. The lowest BCUT2D eigenvalue weighted by molar-refractivity contribution is -0.143. The fourth-order valence-corrected chi connectivity index (χ4v) is 4.42. The first-order valence-corrected chi connectivity index (χ1v) is 10.6. The number of carboxylic acids is 1. The van der Waals surface area contributed by atoms with E-state index in [0.29, 0.717) is 36.9 Å². The summed E-state index contributed by atoms with van der Waals surface area (Å²) in [5, 5.41) is 10.8. The monoisotopic (exact) mass is 531 g/mol. The lowest BCUT2D eigenvalue weighted by atomic mass is 9.95. The molecule has 0 bridgehead atoms. The van der Waals surface area contributed by atoms with Crippen molar-refractivity contribution in [2.75, 3.05) is 19.6 Å². The number of amidine groups is 1. The standard InChI is InChI=1S/C20H19F6N3O3S.ClH/c21-19(22,23)13-2-1-12(14(8-13)20(24,25)26)10-29-5-3-11(4-6-29)7-15-17(27-9-16(30)31)28-18(32)33-15;/h1-2,7-8,11H,3-6,9-10H2,(H,30,31)(H,27,28,32);1H/b15-7-;. The van der Waals surface area contributed by atoms with Gasteiger partial charge in [0.1, 0.15) is 12.4 Å². The number of halogens is 7. The molecule has 1 amide bonds. The fraction of sp³-hybridized carbons (Fsp3) is 0.450. The summed E-state index contributed by atoms with van der Waals surface area (Å²) in [6, 6.07) is 1.67. The number of hydrogen-bond donors (Lipinski definition) is 2. The number of amides is 1. The normalized spacial score (nSPS) is 20.5. The number of piperidine rings is 1. The molecule has 2 heterocycles. The molecule has 0 aromatic heterocycles. The van der Waals surface area contributed by atoms with Gasteiger partial charge in [0.05, 0.1) is 16.0 Å². The van der Waals surface area contributed by atoms with Gasteiger partial charge in [-0.05, 0) is 61.3 Å². The topological polar surface area (TPSA) is 82.0 Å². The molecule has 0 atom stereocenters. The zero-order valence-corrected chi connectivity index (χ0v) is 19.0. The van der Waals surface area contributed by atoms with Gasteiger partial charge in [0.2, 0.25) is 0 Å². The number of carbonyl (C=O) groups is 2. The van der Waals surface area contributed by atoms with Crippen LogP contribution in [0.3, 0.4) is 0 Å². The van der Waals surface area contributed by atoms with E-state index in [1.807, 2.05) is 0 Å². The smallest absolute Gasteiger partial charge is 0.416 e. The third-order valence-corrected chi connectivity index (χ3v) is 6.02. The summed E-state index contributed by atoms with van der Waals surface area (Å²) in [6.45, 7) is 0.165. The molecule has 2 aliphatic rings. The summed E-state index contributed by atoms with van der Waals surface area (Å²) >= 11 is 0.887. The Bertz CT molecular complexity index is 989. The SMILES string of the molecule is Cl.O=C(O)CN=C1NC(=O)S/C1=C\C1CCN(Cc2ccc(C(F)(F)F)cc2C(F)(F)F)CC1. The number of likely N-dealkylation sites (tertiary alicyclic amines) is 1. The van der Waals surface area contributed by atoms with Crippen LogP contribution in [0.4, 0.5) is 31.1 Å². The van der Waals surface area contributed by atoms with Crippen molar-refractivity contribution < 1.29 is 41.0 Å². The predicted octanol–water partition coefficient (Wildman–Crippen LogP) is 5.18. The van der Waals surface area contributed by atoms with E-state index in [1.54, 1.807) is 11.0 Å². The molecule has 2 fully saturated rings. The Morgan fingerprint density at radius 1 is 1.18 bits per heavy atom. The van der Waals surface area contributed by atoms with Crippen LogP contribution in [0.2, 0.25) is 0 Å². The van der Waals surface area contributed by atoms with Crippen molar-refractivity contribution in [2.24, 2.45) is 10.9 Å². The van der Waals surface area contributed by atoms with Gasteiger partial charge in [-0.25, -0.2) is 0 Å². The van der Waals surface area contributed by atoms with Gasteiger partial charge in [-0.15, -0.1) is 12.4 Å². The van der Waals surface area contributed by atoms with Crippen molar-refractivity contribution >= 4 is 41.2 Å². The predicted molar refractivity (Wildman–Crippen MR) is 116 cm³/mol. The highest BCUT2D eigenvalue weighted by Gasteiger charge is 2.38. The molecular weight excluding hydrogens is 512 g/mol. The van der Waals surface area contributed by atoms with Crippen LogP contribution in [0.1, 0.15) is 29.5 Å². The first-order chi connectivity index (χ1) is 15.3. The van der Waals surface area contributed by atoms with E-state index in [0.717, 1.165) is 17.8 Å². The Kier molecular flexibility index (Phi) is 9.05. The molecule has 6 nitrogen and oxygen atoms in total. The van der Waals surface area contributed by atoms with E-state index in [2.05, 4.69) is 10.3 Å². The molecule has 14 heteroatoms. The molecule has 1 aromatic carbocycles. The Morgan fingerprint density at radius 3 is 2.38 bits per heavy atom. The summed E-state index contributed by atoms with van der Waals surface area (Å²) in [4.78, 5) is 28.4. The van der Waals surface area contributed by atoms with Gasteiger partial charge < -0.3 is 10.4 Å². The van der Waals surface area contributed by atoms with Gasteiger partial charge in [-0.2, -0.15) is 26.3 Å². The maximum absolute atomic E-state index is 13.4. The first-order valence-electron chi connectivity index (χ1n) is 9.80. The third kappa shape index (κ3) is 7.37. The molecular formula is C20H20ClF6N3O3S. The van der Waals surface area contributed by atoms with Crippen LogP contribution in [-0.2, 0) is 23.7 Å². The number of nitrogens with zero attached hydrogens (tertiary/aromatic N) is 2. The number of hydrogen-bond acceptors (Lipinski definition) is 5. The Balaban J connectivity index is 0.00000408. The van der Waals surface area contributed by atoms with Crippen LogP contribution in [0.25, 0.3) is 0 Å². The van der Waals surface area contributed by atoms with Crippen LogP contribution >= 0.6 is 24.2 Å². The maximum Gasteiger partial charge on any atom is 0.416 e. The molecule has 188 valence electrons. The highest BCUT2D eigenvalue weighted by molar-refractivity contribution is 8.18. The highest BCUT2D eigenvalue weighted by atomic mass is 35.5. The number of carbonyl (C=O) groups excluding carboxylic acids is 1. The largest absolute Gasteiger partial charge is 0.480 e. The van der Waals surface area contributed by atoms with E-state index >= 15 is 0 Å². The van der Waals surface area contributed by atoms with Gasteiger partial charge in [0.25, 0.3) is 5.24 Å². The van der Waals surface area contributed by atoms with Gasteiger partial charge in [0.15, 0.2) is 0 Å². The van der Waals surface area contributed by atoms with E-state index < -0.39 is 36.0 Å². The second kappa shape index (κ2) is 11.0. The number of benzene rings is 1. The van der Waals surface area contributed by atoms with E-state index in [9.17, 15) is 35.9 Å². The number of carboxylic acid groups (broad SMARTS) is 1. The summed E-state index contributed by atoms with van der Waals surface area (Å²) in [5.41, 5.74) is -2.87. The number of alkyl halides is 6. The van der Waals surface area contributed by atoms with Crippen molar-refractivity contribution in [3.8, 4) is 0 Å². The molecule has 3 rings (SSSR count). The molecule has 0 spiro atoms. The number of aliphatic imine (C=N–C) groups is 1. The average molecular weight is 532 g/mol. The number of allylic oxidation sites excluding steroid dienone is 1. The molecule has 0 saturated carbocycles. The quantitative estimate of drug-likeness (QED) is 0.512. The summed E-state index contributed by atoms with van der Waals surface area (Å²) in [6.07, 6.45) is -6.89. The highest BCUT2D eigenvalue weighted by Crippen LogP contribution is 2.38. The molecule has 0 unspecified atom stereocenters.